The van der Waals surface area contributed by atoms with Gasteiger partial charge in [-0.2, -0.15) is 0 Å². The van der Waals surface area contributed by atoms with Crippen molar-refractivity contribution in [3.05, 3.63) is 0 Å². The first-order valence-corrected chi connectivity index (χ1v) is 2.41. The number of hydrogen-bond donors (Lipinski definition) is 1. The van der Waals surface area contributed by atoms with E-state index in [1.165, 1.54) is 6.42 Å². The van der Waals surface area contributed by atoms with Crippen LogP contribution in [0.2, 0.25) is 0 Å². The monoisotopic (exact) mass is 88.1 g/mol. The summed E-state index contributed by atoms with van der Waals surface area (Å²) in [6.45, 7) is 4.52. The summed E-state index contributed by atoms with van der Waals surface area (Å²) in [5.74, 6) is 0. The van der Waals surface area contributed by atoms with Gasteiger partial charge in [-0.3, -0.25) is 0 Å². The van der Waals surface area contributed by atoms with Gasteiger partial charge in [0.25, 0.3) is 0 Å². The summed E-state index contributed by atoms with van der Waals surface area (Å²) in [6.07, 6.45) is 1.17. The van der Waals surface area contributed by atoms with Crippen molar-refractivity contribution in [3.63, 3.8) is 0 Å². The highest BCUT2D eigenvalue weighted by Crippen LogP contribution is 1.65. The van der Waals surface area contributed by atoms with Gasteiger partial charge < -0.3 is 5.32 Å². The lowest BCUT2D eigenvalue weighted by molar-refractivity contribution is 0.703. The van der Waals surface area contributed by atoms with Gasteiger partial charge in [0.15, 0.2) is 0 Å². The van der Waals surface area contributed by atoms with Crippen LogP contribution in [0.1, 0.15) is 21.6 Å². The highest BCUT2D eigenvalue weighted by atomic mass is 14.8. The van der Waals surface area contributed by atoms with Gasteiger partial charge >= 0.3 is 0 Å². The molecular formula is C5H13N. The van der Waals surface area contributed by atoms with Crippen molar-refractivity contribution in [3.8, 4) is 0 Å². The Morgan fingerprint density at radius 2 is 2.67 bits per heavy atom. The zero-order valence-electron chi connectivity index (χ0n) is 5.33. The van der Waals surface area contributed by atoms with Crippen LogP contribution >= 0.6 is 0 Å². The molecule has 1 heteroatoms. The molecule has 0 radical (unpaired) electrons. The van der Waals surface area contributed by atoms with Crippen LogP contribution in [0, 0.1) is 0 Å². The van der Waals surface area contributed by atoms with Crippen molar-refractivity contribution in [2.75, 3.05) is 13.1 Å². The molecule has 0 spiro atoms. The fourth-order valence-corrected chi connectivity index (χ4v) is 0.302. The molecule has 0 fully saturated rings. The third-order valence-electron chi connectivity index (χ3n) is 0.604. The Kier molecular flexibility index (Phi) is 3.41. The minimum Gasteiger partial charge on any atom is -0.317 e. The molecular weight excluding hydrogens is 74.1 g/mol. The molecule has 0 aliphatic heterocycles. The maximum absolute atomic E-state index is 6.72. The lowest BCUT2D eigenvalue weighted by Crippen LogP contribution is -2.12. The van der Waals surface area contributed by atoms with Gasteiger partial charge in [-0.1, -0.05) is 13.8 Å². The molecule has 0 aliphatic carbocycles. The van der Waals surface area contributed by atoms with E-state index < -0.39 is 0 Å². The minimum atomic E-state index is 0.500. The zero-order valence-corrected chi connectivity index (χ0v) is 4.33. The molecule has 0 saturated heterocycles. The first-order chi connectivity index (χ1) is 3.41. The van der Waals surface area contributed by atoms with Crippen LogP contribution in [0.15, 0.2) is 0 Å². The molecule has 0 aromatic heterocycles. The van der Waals surface area contributed by atoms with Crippen LogP contribution in [0.5, 0.6) is 0 Å². The van der Waals surface area contributed by atoms with Crippen LogP contribution in [0.25, 0.3) is 0 Å². The Balaban J connectivity index is 2.45. The largest absolute Gasteiger partial charge is 0.317 e. The minimum absolute atomic E-state index is 0.500. The number of rotatable bonds is 3. The van der Waals surface area contributed by atoms with Gasteiger partial charge in [-0.25, -0.2) is 0 Å². The number of nitrogens with one attached hydrogen (secondary N) is 1. The Morgan fingerprint density at radius 3 is 3.17 bits per heavy atom. The first-order valence-electron chi connectivity index (χ1n) is 3.12. The Bertz CT molecular complexity index is 27.3. The molecule has 0 saturated carbocycles. The van der Waals surface area contributed by atoms with Crippen molar-refractivity contribution in [2.45, 2.75) is 20.2 Å². The zero-order chi connectivity index (χ0) is 5.54. The quantitative estimate of drug-likeness (QED) is 0.508. The second-order valence-electron chi connectivity index (χ2n) is 1.25. The average molecular weight is 88.2 g/mol. The van der Waals surface area contributed by atoms with Crippen molar-refractivity contribution < 1.29 is 1.37 Å². The summed E-state index contributed by atoms with van der Waals surface area (Å²) in [6, 6.07) is 0. The Hall–Kier alpha value is -0.0400. The van der Waals surface area contributed by atoms with Gasteiger partial charge in [0.1, 0.15) is 0 Å². The normalized spacial score (nSPS) is 11.2. The molecule has 38 valence electrons. The van der Waals surface area contributed by atoms with Crippen LogP contribution in [0.3, 0.4) is 0 Å². The standard InChI is InChI=1S/C5H13N/c1-3-5-6-4-2/h6H,3-5H2,1-2H3/i2D. The van der Waals surface area contributed by atoms with E-state index >= 15 is 0 Å². The van der Waals surface area contributed by atoms with Crippen molar-refractivity contribution in [1.82, 2.24) is 5.32 Å². The molecule has 1 N–H and O–H groups in total. The van der Waals surface area contributed by atoms with Gasteiger partial charge in [-0.05, 0) is 19.5 Å². The van der Waals surface area contributed by atoms with Crippen LogP contribution in [-0.2, 0) is 0 Å². The highest BCUT2D eigenvalue weighted by molar-refractivity contribution is 4.35. The molecule has 0 bridgehead atoms. The van der Waals surface area contributed by atoms with E-state index in [-0.39, 0.29) is 0 Å². The molecule has 0 atom stereocenters. The molecule has 0 aromatic rings. The summed E-state index contributed by atoms with van der Waals surface area (Å²) < 4.78 is 6.72. The highest BCUT2D eigenvalue weighted by Gasteiger charge is 1.71. The smallest absolute Gasteiger partial charge is 0.0243 e. The predicted molar refractivity (Wildman–Crippen MR) is 28.8 cm³/mol. The van der Waals surface area contributed by atoms with E-state index in [0.29, 0.717) is 6.90 Å². The SMILES string of the molecule is [2H]CCNCCC. The molecule has 0 aliphatic rings. The molecule has 0 rings (SSSR count). The molecule has 0 unspecified atom stereocenters. The fourth-order valence-electron chi connectivity index (χ4n) is 0.302. The summed E-state index contributed by atoms with van der Waals surface area (Å²) in [7, 11) is 0. The lowest BCUT2D eigenvalue weighted by Gasteiger charge is -1.91. The maximum atomic E-state index is 6.72. The van der Waals surface area contributed by atoms with Crippen LogP contribution in [0.4, 0.5) is 0 Å². The van der Waals surface area contributed by atoms with E-state index in [1.807, 2.05) is 0 Å². The summed E-state index contributed by atoms with van der Waals surface area (Å²) >= 11 is 0. The van der Waals surface area contributed by atoms with Gasteiger partial charge in [0, 0.05) is 1.37 Å². The lowest BCUT2D eigenvalue weighted by atomic mass is 10.5. The van der Waals surface area contributed by atoms with Crippen LogP contribution in [-0.4, -0.2) is 13.1 Å². The van der Waals surface area contributed by atoms with Crippen LogP contribution < -0.4 is 5.32 Å². The summed E-state index contributed by atoms with van der Waals surface area (Å²) in [5.41, 5.74) is 0. The van der Waals surface area contributed by atoms with E-state index in [1.54, 1.807) is 0 Å². The fraction of sp³-hybridized carbons (Fsp3) is 1.00. The summed E-state index contributed by atoms with van der Waals surface area (Å²) in [5, 5.41) is 3.10. The van der Waals surface area contributed by atoms with Gasteiger partial charge in [0.2, 0.25) is 0 Å². The maximum Gasteiger partial charge on any atom is 0.0243 e. The van der Waals surface area contributed by atoms with Crippen molar-refractivity contribution >= 4 is 0 Å². The Labute approximate surface area is 41.2 Å². The van der Waals surface area contributed by atoms with Crippen molar-refractivity contribution in [2.24, 2.45) is 0 Å². The predicted octanol–water partition coefficient (Wildman–Crippen LogP) is 1.01. The molecule has 0 aromatic carbocycles. The van der Waals surface area contributed by atoms with E-state index in [9.17, 15) is 0 Å². The Morgan fingerprint density at radius 1 is 1.83 bits per heavy atom. The van der Waals surface area contributed by atoms with Gasteiger partial charge in [0.05, 0.1) is 0 Å². The molecule has 1 nitrogen and oxygen atoms in total. The van der Waals surface area contributed by atoms with Crippen molar-refractivity contribution in [1.29, 1.82) is 0 Å². The van der Waals surface area contributed by atoms with E-state index in [2.05, 4.69) is 12.2 Å². The second kappa shape index (κ2) is 4.96. The van der Waals surface area contributed by atoms with Gasteiger partial charge in [-0.15, -0.1) is 0 Å². The number of hydrogen-bond acceptors (Lipinski definition) is 1. The van der Waals surface area contributed by atoms with E-state index in [0.717, 1.165) is 13.1 Å². The first kappa shape index (κ1) is 4.13. The molecule has 0 heterocycles. The topological polar surface area (TPSA) is 12.0 Å². The third-order valence-corrected chi connectivity index (χ3v) is 0.604. The molecule has 6 heavy (non-hydrogen) atoms. The summed E-state index contributed by atoms with van der Waals surface area (Å²) in [4.78, 5) is 0. The average Bonchev–Trinajstić information content (AvgIpc) is 1.69. The van der Waals surface area contributed by atoms with E-state index in [4.69, 9.17) is 1.37 Å². The third kappa shape index (κ3) is 3.96. The second-order valence-corrected chi connectivity index (χ2v) is 1.25. The molecule has 0 amide bonds.